The minimum atomic E-state index is 0.503. The van der Waals surface area contributed by atoms with Crippen LogP contribution in [0.25, 0.3) is 33.4 Å². The van der Waals surface area contributed by atoms with Gasteiger partial charge in [-0.15, -0.1) is 0 Å². The second-order valence-corrected chi connectivity index (χ2v) is 7.34. The molecule has 8 nitrogen and oxygen atoms in total. The van der Waals surface area contributed by atoms with Crippen molar-refractivity contribution in [3.8, 4) is 22.4 Å². The number of anilines is 1. The van der Waals surface area contributed by atoms with Crippen LogP contribution in [0.3, 0.4) is 0 Å². The van der Waals surface area contributed by atoms with Crippen molar-refractivity contribution in [2.75, 3.05) is 24.5 Å². The highest BCUT2D eigenvalue weighted by atomic mass is 15.2. The topological polar surface area (TPSA) is 98.4 Å². The van der Waals surface area contributed by atoms with Crippen LogP contribution in [-0.4, -0.2) is 55.8 Å². The number of aromatic amines is 2. The molecule has 0 unspecified atom stereocenters. The van der Waals surface area contributed by atoms with E-state index in [1.165, 1.54) is 0 Å². The number of hydrogen-bond donors (Lipinski definition) is 3. The van der Waals surface area contributed by atoms with Gasteiger partial charge < -0.3 is 15.2 Å². The standard InChI is InChI=1S/C21H24N8/c1-2-29(16-3-5-22-6-4-16)20-13-23-12-19(28-20)18-11-25-21-17(18)7-14(8-24-21)15-9-26-27-10-15/h7-13,16,22H,2-6H2,1H3,(H,24,25)(H,26,27). The third-order valence-corrected chi connectivity index (χ3v) is 5.64. The lowest BCUT2D eigenvalue weighted by Gasteiger charge is -2.34. The Morgan fingerprint density at radius 3 is 2.76 bits per heavy atom. The Hall–Kier alpha value is -3.26. The van der Waals surface area contributed by atoms with Crippen molar-refractivity contribution in [2.45, 2.75) is 25.8 Å². The van der Waals surface area contributed by atoms with E-state index in [0.717, 1.165) is 71.7 Å². The molecule has 0 saturated carbocycles. The van der Waals surface area contributed by atoms with Gasteiger partial charge in [0.25, 0.3) is 0 Å². The summed E-state index contributed by atoms with van der Waals surface area (Å²) in [6.07, 6.45) is 13.4. The van der Waals surface area contributed by atoms with Crippen LogP contribution in [0.15, 0.2) is 43.2 Å². The first-order chi connectivity index (χ1) is 14.3. The van der Waals surface area contributed by atoms with Gasteiger partial charge >= 0.3 is 0 Å². The smallest absolute Gasteiger partial charge is 0.148 e. The summed E-state index contributed by atoms with van der Waals surface area (Å²) in [6.45, 7) is 5.21. The van der Waals surface area contributed by atoms with Crippen LogP contribution in [-0.2, 0) is 0 Å². The molecule has 5 heterocycles. The zero-order valence-corrected chi connectivity index (χ0v) is 16.4. The van der Waals surface area contributed by atoms with Crippen molar-refractivity contribution in [3.63, 3.8) is 0 Å². The van der Waals surface area contributed by atoms with Crippen molar-refractivity contribution in [3.05, 3.63) is 43.2 Å². The van der Waals surface area contributed by atoms with Gasteiger partial charge in [-0.05, 0) is 38.9 Å². The highest BCUT2D eigenvalue weighted by Gasteiger charge is 2.22. The van der Waals surface area contributed by atoms with Gasteiger partial charge in [-0.3, -0.25) is 10.1 Å². The second-order valence-electron chi connectivity index (χ2n) is 7.34. The molecule has 0 spiro atoms. The first kappa shape index (κ1) is 17.8. The average molecular weight is 388 g/mol. The number of fused-ring (bicyclic) bond motifs is 1. The Labute approximate surface area is 168 Å². The molecule has 148 valence electrons. The van der Waals surface area contributed by atoms with Crippen molar-refractivity contribution in [2.24, 2.45) is 0 Å². The third-order valence-electron chi connectivity index (χ3n) is 5.64. The third kappa shape index (κ3) is 3.36. The van der Waals surface area contributed by atoms with Crippen LogP contribution in [0, 0.1) is 0 Å². The lowest BCUT2D eigenvalue weighted by atomic mass is 10.0. The predicted molar refractivity (Wildman–Crippen MR) is 114 cm³/mol. The van der Waals surface area contributed by atoms with Crippen molar-refractivity contribution < 1.29 is 0 Å². The molecule has 0 aromatic carbocycles. The number of pyridine rings is 1. The number of nitrogens with zero attached hydrogens (tertiary/aromatic N) is 5. The Kier molecular flexibility index (Phi) is 4.69. The summed E-state index contributed by atoms with van der Waals surface area (Å²) in [5.41, 5.74) is 4.72. The summed E-state index contributed by atoms with van der Waals surface area (Å²) in [5.74, 6) is 0.935. The minimum absolute atomic E-state index is 0.503. The molecule has 0 aliphatic carbocycles. The van der Waals surface area contributed by atoms with Crippen LogP contribution >= 0.6 is 0 Å². The van der Waals surface area contributed by atoms with Gasteiger partial charge in [0.2, 0.25) is 0 Å². The zero-order valence-electron chi connectivity index (χ0n) is 16.4. The lowest BCUT2D eigenvalue weighted by Crippen LogP contribution is -2.43. The molecule has 0 bridgehead atoms. The lowest BCUT2D eigenvalue weighted by molar-refractivity contribution is 0.431. The number of piperidine rings is 1. The minimum Gasteiger partial charge on any atom is -0.353 e. The van der Waals surface area contributed by atoms with E-state index in [4.69, 9.17) is 4.98 Å². The Morgan fingerprint density at radius 2 is 1.97 bits per heavy atom. The van der Waals surface area contributed by atoms with E-state index in [9.17, 15) is 0 Å². The molecule has 4 aromatic heterocycles. The van der Waals surface area contributed by atoms with Crippen LogP contribution < -0.4 is 10.2 Å². The molecule has 4 aromatic rings. The van der Waals surface area contributed by atoms with Gasteiger partial charge in [0.15, 0.2) is 0 Å². The Morgan fingerprint density at radius 1 is 1.07 bits per heavy atom. The van der Waals surface area contributed by atoms with E-state index < -0.39 is 0 Å². The molecule has 1 saturated heterocycles. The fourth-order valence-corrected chi connectivity index (χ4v) is 4.13. The fraction of sp³-hybridized carbons (Fsp3) is 0.333. The van der Waals surface area contributed by atoms with Gasteiger partial charge in [0.1, 0.15) is 11.5 Å². The largest absolute Gasteiger partial charge is 0.353 e. The maximum Gasteiger partial charge on any atom is 0.148 e. The SMILES string of the molecule is CCN(c1cncc(-c2c[nH]c3ncc(-c4cn[nH]c4)cc23)n1)C1CCNCC1. The summed E-state index contributed by atoms with van der Waals surface area (Å²) in [5, 5.41) is 11.4. The van der Waals surface area contributed by atoms with E-state index >= 15 is 0 Å². The van der Waals surface area contributed by atoms with E-state index in [2.05, 4.69) is 48.4 Å². The van der Waals surface area contributed by atoms with Crippen LogP contribution in [0.2, 0.25) is 0 Å². The fourth-order valence-electron chi connectivity index (χ4n) is 4.13. The van der Waals surface area contributed by atoms with Crippen molar-refractivity contribution in [1.29, 1.82) is 0 Å². The monoisotopic (exact) mass is 388 g/mol. The molecule has 0 atom stereocenters. The normalized spacial score (nSPS) is 15.1. The number of hydrogen-bond acceptors (Lipinski definition) is 6. The van der Waals surface area contributed by atoms with E-state index in [1.54, 1.807) is 6.20 Å². The maximum atomic E-state index is 4.98. The van der Waals surface area contributed by atoms with Gasteiger partial charge in [-0.25, -0.2) is 9.97 Å². The first-order valence-corrected chi connectivity index (χ1v) is 10.1. The van der Waals surface area contributed by atoms with Gasteiger partial charge in [0, 0.05) is 53.3 Å². The number of rotatable bonds is 5. The summed E-state index contributed by atoms with van der Waals surface area (Å²) in [7, 11) is 0. The quantitative estimate of drug-likeness (QED) is 0.486. The van der Waals surface area contributed by atoms with Crippen LogP contribution in [0.1, 0.15) is 19.8 Å². The Balaban J connectivity index is 1.53. The first-order valence-electron chi connectivity index (χ1n) is 10.1. The number of nitrogens with one attached hydrogen (secondary N) is 3. The predicted octanol–water partition coefficient (Wildman–Crippen LogP) is 2.99. The van der Waals surface area contributed by atoms with Gasteiger partial charge in [-0.1, -0.05) is 0 Å². The highest BCUT2D eigenvalue weighted by Crippen LogP contribution is 2.30. The molecule has 3 N–H and O–H groups in total. The van der Waals surface area contributed by atoms with Crippen molar-refractivity contribution >= 4 is 16.9 Å². The van der Waals surface area contributed by atoms with Gasteiger partial charge in [-0.2, -0.15) is 5.10 Å². The molecule has 5 rings (SSSR count). The molecular formula is C21H24N8. The maximum absolute atomic E-state index is 4.98. The molecule has 0 radical (unpaired) electrons. The van der Waals surface area contributed by atoms with Crippen LogP contribution in [0.4, 0.5) is 5.82 Å². The Bertz CT molecular complexity index is 1100. The van der Waals surface area contributed by atoms with Crippen molar-refractivity contribution in [1.82, 2.24) is 35.5 Å². The number of H-pyrrole nitrogens is 2. The molecule has 29 heavy (non-hydrogen) atoms. The summed E-state index contributed by atoms with van der Waals surface area (Å²) in [6, 6.07) is 2.63. The summed E-state index contributed by atoms with van der Waals surface area (Å²) >= 11 is 0. The number of aromatic nitrogens is 6. The summed E-state index contributed by atoms with van der Waals surface area (Å²) in [4.78, 5) is 19.7. The highest BCUT2D eigenvalue weighted by molar-refractivity contribution is 5.94. The molecule has 1 aliphatic heterocycles. The molecular weight excluding hydrogens is 364 g/mol. The average Bonchev–Trinajstić information content (AvgIpc) is 3.45. The second kappa shape index (κ2) is 7.63. The van der Waals surface area contributed by atoms with E-state index in [0.29, 0.717) is 6.04 Å². The summed E-state index contributed by atoms with van der Waals surface area (Å²) < 4.78 is 0. The molecule has 1 aliphatic rings. The zero-order chi connectivity index (χ0) is 19.6. The molecule has 1 fully saturated rings. The van der Waals surface area contributed by atoms with E-state index in [-0.39, 0.29) is 0 Å². The van der Waals surface area contributed by atoms with Gasteiger partial charge in [0.05, 0.1) is 24.3 Å². The van der Waals surface area contributed by atoms with Crippen LogP contribution in [0.5, 0.6) is 0 Å². The van der Waals surface area contributed by atoms with E-state index in [1.807, 2.05) is 31.0 Å². The molecule has 0 amide bonds. The molecule has 8 heteroatoms.